The number of anilines is 2. The van der Waals surface area contributed by atoms with E-state index in [-0.39, 0.29) is 24.1 Å². The molecular formula is C18H26N6O2. The molecular weight excluding hydrogens is 332 g/mol. The molecule has 8 heteroatoms. The number of ether oxygens (including phenoxy) is 2. The molecule has 3 rings (SSSR count). The summed E-state index contributed by atoms with van der Waals surface area (Å²) in [5, 5.41) is 3.68. The van der Waals surface area contributed by atoms with Crippen LogP contribution in [0.3, 0.4) is 0 Å². The minimum atomic E-state index is 0.0839. The largest absolute Gasteiger partial charge is 0.481 e. The second kappa shape index (κ2) is 8.29. The van der Waals surface area contributed by atoms with Gasteiger partial charge in [-0.3, -0.25) is 0 Å². The van der Waals surface area contributed by atoms with E-state index >= 15 is 0 Å². The highest BCUT2D eigenvalue weighted by Gasteiger charge is 2.34. The summed E-state index contributed by atoms with van der Waals surface area (Å²) in [7, 11) is 3.37. The highest BCUT2D eigenvalue weighted by atomic mass is 16.5. The first kappa shape index (κ1) is 18.3. The molecule has 1 unspecified atom stereocenters. The van der Waals surface area contributed by atoms with Crippen LogP contribution in [0.1, 0.15) is 12.5 Å². The van der Waals surface area contributed by atoms with Crippen LogP contribution in [0.5, 0.6) is 5.88 Å². The predicted octanol–water partition coefficient (Wildman–Crippen LogP) is 0.887. The van der Waals surface area contributed by atoms with E-state index in [9.17, 15) is 0 Å². The molecule has 1 aliphatic rings. The maximum atomic E-state index is 5.71. The fraction of sp³-hybridized carbons (Fsp3) is 0.500. The van der Waals surface area contributed by atoms with Crippen molar-refractivity contribution in [3.63, 3.8) is 0 Å². The number of nitrogens with one attached hydrogen (secondary N) is 1. The molecule has 0 spiro atoms. The Labute approximate surface area is 153 Å². The van der Waals surface area contributed by atoms with E-state index < -0.39 is 0 Å². The maximum Gasteiger partial charge on any atom is 0.221 e. The lowest BCUT2D eigenvalue weighted by molar-refractivity contribution is 0.0938. The molecule has 8 nitrogen and oxygen atoms in total. The van der Waals surface area contributed by atoms with Crippen molar-refractivity contribution in [2.45, 2.75) is 31.5 Å². The number of nitrogens with zero attached hydrogens (tertiary/aromatic N) is 4. The van der Waals surface area contributed by atoms with Gasteiger partial charge in [0.25, 0.3) is 0 Å². The van der Waals surface area contributed by atoms with Crippen LogP contribution in [0.15, 0.2) is 30.6 Å². The van der Waals surface area contributed by atoms with Crippen LogP contribution in [-0.2, 0) is 11.2 Å². The molecule has 3 atom stereocenters. The maximum absolute atomic E-state index is 5.71. The summed E-state index contributed by atoms with van der Waals surface area (Å²) in [6.45, 7) is 3.74. The molecule has 0 amide bonds. The minimum absolute atomic E-state index is 0.0839. The summed E-state index contributed by atoms with van der Waals surface area (Å²) in [6.07, 6.45) is 4.42. The molecule has 3 heterocycles. The Morgan fingerprint density at radius 2 is 2.08 bits per heavy atom. The molecule has 0 aliphatic carbocycles. The van der Waals surface area contributed by atoms with Gasteiger partial charge in [-0.05, 0) is 31.0 Å². The number of aromatic nitrogens is 3. The topological polar surface area (TPSA) is 98.4 Å². The molecule has 3 N–H and O–H groups in total. The first-order valence-electron chi connectivity index (χ1n) is 8.70. The van der Waals surface area contributed by atoms with E-state index in [4.69, 9.17) is 15.2 Å². The number of nitrogens with two attached hydrogens (primary N) is 1. The first-order chi connectivity index (χ1) is 12.6. The Morgan fingerprint density at radius 1 is 1.27 bits per heavy atom. The molecule has 0 aromatic carbocycles. The molecule has 2 aromatic heterocycles. The number of pyridine rings is 1. The van der Waals surface area contributed by atoms with Gasteiger partial charge >= 0.3 is 0 Å². The third-order valence-electron chi connectivity index (χ3n) is 4.60. The lowest BCUT2D eigenvalue weighted by atomic mass is 10.1. The Morgan fingerprint density at radius 3 is 2.81 bits per heavy atom. The van der Waals surface area contributed by atoms with Crippen molar-refractivity contribution in [2.75, 3.05) is 37.9 Å². The molecule has 140 valence electrons. The van der Waals surface area contributed by atoms with E-state index in [0.29, 0.717) is 5.88 Å². The summed E-state index contributed by atoms with van der Waals surface area (Å²) in [5.74, 6) is 1.75. The number of nitrogen functional groups attached to an aromatic ring is 1. The van der Waals surface area contributed by atoms with Crippen molar-refractivity contribution >= 4 is 11.8 Å². The van der Waals surface area contributed by atoms with E-state index in [2.05, 4.69) is 32.1 Å². The van der Waals surface area contributed by atoms with Gasteiger partial charge in [0.05, 0.1) is 19.3 Å². The molecule has 2 aromatic rings. The highest BCUT2D eigenvalue weighted by Crippen LogP contribution is 2.21. The smallest absolute Gasteiger partial charge is 0.221 e. The third-order valence-corrected chi connectivity index (χ3v) is 4.60. The van der Waals surface area contributed by atoms with E-state index in [1.165, 1.54) is 5.56 Å². The van der Waals surface area contributed by atoms with Crippen molar-refractivity contribution in [1.82, 2.24) is 20.3 Å². The number of hydrogen-bond acceptors (Lipinski definition) is 8. The predicted molar refractivity (Wildman–Crippen MR) is 100 cm³/mol. The van der Waals surface area contributed by atoms with E-state index in [1.807, 2.05) is 18.2 Å². The monoisotopic (exact) mass is 358 g/mol. The van der Waals surface area contributed by atoms with Crippen LogP contribution in [-0.4, -0.2) is 60.4 Å². The van der Waals surface area contributed by atoms with Crippen LogP contribution in [0, 0.1) is 0 Å². The SMILES string of the molecule is COc1cc(CC(C)N[C@H]2CN(c3ccnc(N)n3)C[C@H]2OC)ccn1. The van der Waals surface area contributed by atoms with Gasteiger partial charge in [-0.2, -0.15) is 4.98 Å². The number of hydrogen-bond donors (Lipinski definition) is 2. The van der Waals surface area contributed by atoms with Gasteiger partial charge in [0.15, 0.2) is 0 Å². The second-order valence-corrected chi connectivity index (χ2v) is 6.54. The fourth-order valence-corrected chi connectivity index (χ4v) is 3.37. The zero-order valence-electron chi connectivity index (χ0n) is 15.4. The van der Waals surface area contributed by atoms with Gasteiger partial charge < -0.3 is 25.4 Å². The standard InChI is InChI=1S/C18H26N6O2/c1-12(8-13-4-6-20-17(9-13)26-3)22-14-10-24(11-15(14)25-2)16-5-7-21-18(19)23-16/h4-7,9,12,14-15,22H,8,10-11H2,1-3H3,(H2,19,21,23)/t12?,14-,15+/m0/s1. The lowest BCUT2D eigenvalue weighted by Gasteiger charge is -2.23. The highest BCUT2D eigenvalue weighted by molar-refractivity contribution is 5.43. The molecule has 0 saturated carbocycles. The third kappa shape index (κ3) is 4.39. The van der Waals surface area contributed by atoms with Gasteiger partial charge in [0.1, 0.15) is 5.82 Å². The molecule has 1 fully saturated rings. The van der Waals surface area contributed by atoms with Crippen molar-refractivity contribution < 1.29 is 9.47 Å². The number of rotatable bonds is 7. The Hall–Kier alpha value is -2.45. The quantitative estimate of drug-likeness (QED) is 0.753. The minimum Gasteiger partial charge on any atom is -0.481 e. The van der Waals surface area contributed by atoms with Gasteiger partial charge in [-0.25, -0.2) is 9.97 Å². The zero-order valence-corrected chi connectivity index (χ0v) is 15.4. The fourth-order valence-electron chi connectivity index (χ4n) is 3.37. The summed E-state index contributed by atoms with van der Waals surface area (Å²) in [4.78, 5) is 14.6. The average molecular weight is 358 g/mol. The van der Waals surface area contributed by atoms with Crippen molar-refractivity contribution in [1.29, 1.82) is 0 Å². The zero-order chi connectivity index (χ0) is 18.5. The molecule has 0 bridgehead atoms. The Bertz CT molecular complexity index is 728. The van der Waals surface area contributed by atoms with Crippen molar-refractivity contribution in [3.05, 3.63) is 36.2 Å². The average Bonchev–Trinajstić information content (AvgIpc) is 3.04. The molecule has 1 saturated heterocycles. The molecule has 0 radical (unpaired) electrons. The molecule has 1 aliphatic heterocycles. The van der Waals surface area contributed by atoms with Gasteiger partial charge in [0, 0.05) is 44.7 Å². The van der Waals surface area contributed by atoms with Gasteiger partial charge in [-0.1, -0.05) is 0 Å². The van der Waals surface area contributed by atoms with E-state index in [1.54, 1.807) is 26.6 Å². The van der Waals surface area contributed by atoms with Gasteiger partial charge in [-0.15, -0.1) is 0 Å². The normalized spacial score (nSPS) is 21.0. The summed E-state index contributed by atoms with van der Waals surface area (Å²) in [5.41, 5.74) is 6.89. The van der Waals surface area contributed by atoms with Crippen LogP contribution in [0.25, 0.3) is 0 Å². The lowest BCUT2D eigenvalue weighted by Crippen LogP contribution is -2.45. The summed E-state index contributed by atoms with van der Waals surface area (Å²) in [6, 6.07) is 6.34. The second-order valence-electron chi connectivity index (χ2n) is 6.54. The summed E-state index contributed by atoms with van der Waals surface area (Å²) < 4.78 is 10.9. The first-order valence-corrected chi connectivity index (χ1v) is 8.70. The Kier molecular flexibility index (Phi) is 5.85. The van der Waals surface area contributed by atoms with Crippen LogP contribution in [0.4, 0.5) is 11.8 Å². The van der Waals surface area contributed by atoms with Crippen molar-refractivity contribution in [3.8, 4) is 5.88 Å². The van der Waals surface area contributed by atoms with Crippen molar-refractivity contribution in [2.24, 2.45) is 0 Å². The Balaban J connectivity index is 1.62. The molecule has 26 heavy (non-hydrogen) atoms. The van der Waals surface area contributed by atoms with Gasteiger partial charge in [0.2, 0.25) is 11.8 Å². The van der Waals surface area contributed by atoms with Crippen LogP contribution >= 0.6 is 0 Å². The van der Waals surface area contributed by atoms with E-state index in [0.717, 1.165) is 25.3 Å². The van der Waals surface area contributed by atoms with Crippen LogP contribution in [0.2, 0.25) is 0 Å². The number of methoxy groups -OCH3 is 2. The summed E-state index contributed by atoms with van der Waals surface area (Å²) >= 11 is 0. The van der Waals surface area contributed by atoms with Crippen LogP contribution < -0.4 is 20.7 Å².